The second-order valence-electron chi connectivity index (χ2n) is 4.09. The van der Waals surface area contributed by atoms with Crippen LogP contribution in [0, 0.1) is 11.3 Å². The molecule has 0 aromatic rings. The molecule has 0 N–H and O–H groups in total. The average Bonchev–Trinajstić information content (AvgIpc) is 2.20. The van der Waals surface area contributed by atoms with E-state index >= 15 is 0 Å². The Morgan fingerprint density at radius 1 is 1.57 bits per heavy atom. The van der Waals surface area contributed by atoms with Crippen LogP contribution in [-0.4, -0.2) is 35.0 Å². The molecule has 1 rings (SSSR count). The molecular formula is C11H20N2S. The second-order valence-corrected chi connectivity index (χ2v) is 5.57. The summed E-state index contributed by atoms with van der Waals surface area (Å²) in [4.78, 5) is 2.26. The van der Waals surface area contributed by atoms with Gasteiger partial charge in [0.2, 0.25) is 0 Å². The first-order valence-corrected chi connectivity index (χ1v) is 6.47. The minimum absolute atomic E-state index is 0.106. The molecule has 0 aliphatic carbocycles. The SMILES string of the molecule is CCC(C#N)N(C)C1CCC(C)SC1. The van der Waals surface area contributed by atoms with E-state index in [4.69, 9.17) is 5.26 Å². The fourth-order valence-corrected chi connectivity index (χ4v) is 3.17. The highest BCUT2D eigenvalue weighted by atomic mass is 32.2. The largest absolute Gasteiger partial charge is 0.287 e. The Bertz CT molecular complexity index is 204. The minimum Gasteiger partial charge on any atom is -0.287 e. The summed E-state index contributed by atoms with van der Waals surface area (Å²) < 4.78 is 0. The normalized spacial score (nSPS) is 29.9. The molecule has 2 nitrogen and oxygen atoms in total. The van der Waals surface area contributed by atoms with Crippen molar-refractivity contribution in [2.45, 2.75) is 50.4 Å². The highest BCUT2D eigenvalue weighted by Crippen LogP contribution is 2.28. The molecule has 1 saturated heterocycles. The van der Waals surface area contributed by atoms with E-state index in [-0.39, 0.29) is 6.04 Å². The average molecular weight is 212 g/mol. The molecular weight excluding hydrogens is 192 g/mol. The van der Waals surface area contributed by atoms with Gasteiger partial charge in [0.1, 0.15) is 0 Å². The second kappa shape index (κ2) is 5.63. The Hall–Kier alpha value is -0.200. The molecule has 1 aliphatic heterocycles. The standard InChI is InChI=1S/C11H20N2S/c1-4-10(7-12)13(3)11-6-5-9(2)14-8-11/h9-11H,4-6,8H2,1-3H3. The van der Waals surface area contributed by atoms with Crippen molar-refractivity contribution < 1.29 is 0 Å². The van der Waals surface area contributed by atoms with Crippen molar-refractivity contribution in [2.24, 2.45) is 0 Å². The van der Waals surface area contributed by atoms with Crippen molar-refractivity contribution in [3.05, 3.63) is 0 Å². The summed E-state index contributed by atoms with van der Waals surface area (Å²) >= 11 is 2.04. The molecule has 1 heterocycles. The summed E-state index contributed by atoms with van der Waals surface area (Å²) in [7, 11) is 2.10. The molecule has 0 bridgehead atoms. The van der Waals surface area contributed by atoms with E-state index in [0.29, 0.717) is 6.04 Å². The Kier molecular flexibility index (Phi) is 4.77. The van der Waals surface area contributed by atoms with E-state index in [1.165, 1.54) is 18.6 Å². The number of thioether (sulfide) groups is 1. The first-order chi connectivity index (χ1) is 6.69. The molecule has 1 fully saturated rings. The van der Waals surface area contributed by atoms with Gasteiger partial charge in [-0.05, 0) is 26.3 Å². The van der Waals surface area contributed by atoms with Crippen LogP contribution in [0.2, 0.25) is 0 Å². The molecule has 14 heavy (non-hydrogen) atoms. The Labute approximate surface area is 91.7 Å². The number of hydrogen-bond donors (Lipinski definition) is 0. The monoisotopic (exact) mass is 212 g/mol. The van der Waals surface area contributed by atoms with E-state index in [1.807, 2.05) is 11.8 Å². The summed E-state index contributed by atoms with van der Waals surface area (Å²) in [6.07, 6.45) is 3.48. The molecule has 0 spiro atoms. The number of rotatable bonds is 3. The van der Waals surface area contributed by atoms with E-state index in [0.717, 1.165) is 11.7 Å². The number of hydrogen-bond acceptors (Lipinski definition) is 3. The Morgan fingerprint density at radius 2 is 2.29 bits per heavy atom. The van der Waals surface area contributed by atoms with Crippen molar-refractivity contribution in [1.82, 2.24) is 4.90 Å². The third-order valence-electron chi connectivity index (χ3n) is 3.08. The lowest BCUT2D eigenvalue weighted by Crippen LogP contribution is -2.42. The van der Waals surface area contributed by atoms with Gasteiger partial charge in [-0.1, -0.05) is 13.8 Å². The maximum absolute atomic E-state index is 8.98. The van der Waals surface area contributed by atoms with Gasteiger partial charge in [0, 0.05) is 17.0 Å². The van der Waals surface area contributed by atoms with E-state index in [2.05, 4.69) is 31.9 Å². The van der Waals surface area contributed by atoms with Crippen molar-refractivity contribution in [2.75, 3.05) is 12.8 Å². The van der Waals surface area contributed by atoms with Gasteiger partial charge in [-0.25, -0.2) is 0 Å². The summed E-state index contributed by atoms with van der Waals surface area (Å²) in [5.74, 6) is 1.19. The molecule has 3 atom stereocenters. The third kappa shape index (κ3) is 2.90. The van der Waals surface area contributed by atoms with Gasteiger partial charge in [-0.15, -0.1) is 0 Å². The molecule has 1 aliphatic rings. The smallest absolute Gasteiger partial charge is 0.0975 e. The van der Waals surface area contributed by atoms with Crippen molar-refractivity contribution in [1.29, 1.82) is 5.26 Å². The van der Waals surface area contributed by atoms with Crippen molar-refractivity contribution >= 4 is 11.8 Å². The molecule has 0 radical (unpaired) electrons. The zero-order valence-corrected chi connectivity index (χ0v) is 10.2. The highest BCUT2D eigenvalue weighted by molar-refractivity contribution is 7.99. The lowest BCUT2D eigenvalue weighted by Gasteiger charge is -2.35. The van der Waals surface area contributed by atoms with Gasteiger partial charge in [-0.2, -0.15) is 17.0 Å². The van der Waals surface area contributed by atoms with Crippen LogP contribution >= 0.6 is 11.8 Å². The van der Waals surface area contributed by atoms with Crippen LogP contribution in [0.3, 0.4) is 0 Å². The molecule has 0 aromatic carbocycles. The predicted octanol–water partition coefficient (Wildman–Crippen LogP) is 2.50. The minimum atomic E-state index is 0.106. The van der Waals surface area contributed by atoms with Crippen LogP contribution in [0.15, 0.2) is 0 Å². The first kappa shape index (κ1) is 11.9. The molecule has 0 saturated carbocycles. The fourth-order valence-electron chi connectivity index (χ4n) is 1.92. The predicted molar refractivity (Wildman–Crippen MR) is 62.4 cm³/mol. The van der Waals surface area contributed by atoms with Gasteiger partial charge in [0.25, 0.3) is 0 Å². The van der Waals surface area contributed by atoms with Gasteiger partial charge < -0.3 is 0 Å². The van der Waals surface area contributed by atoms with Gasteiger partial charge >= 0.3 is 0 Å². The van der Waals surface area contributed by atoms with Crippen LogP contribution in [0.5, 0.6) is 0 Å². The zero-order valence-electron chi connectivity index (χ0n) is 9.36. The lowest BCUT2D eigenvalue weighted by molar-refractivity contribution is 0.203. The third-order valence-corrected chi connectivity index (χ3v) is 4.46. The van der Waals surface area contributed by atoms with E-state index in [1.54, 1.807) is 0 Å². The maximum atomic E-state index is 8.98. The van der Waals surface area contributed by atoms with Gasteiger partial charge in [0.05, 0.1) is 12.1 Å². The summed E-state index contributed by atoms with van der Waals surface area (Å²) in [6, 6.07) is 3.09. The highest BCUT2D eigenvalue weighted by Gasteiger charge is 2.25. The lowest BCUT2D eigenvalue weighted by atomic mass is 10.1. The van der Waals surface area contributed by atoms with Gasteiger partial charge in [-0.3, -0.25) is 4.90 Å². The topological polar surface area (TPSA) is 27.0 Å². The fraction of sp³-hybridized carbons (Fsp3) is 0.909. The van der Waals surface area contributed by atoms with E-state index < -0.39 is 0 Å². The molecule has 0 aromatic heterocycles. The Morgan fingerprint density at radius 3 is 2.71 bits per heavy atom. The van der Waals surface area contributed by atoms with Crippen LogP contribution < -0.4 is 0 Å². The summed E-state index contributed by atoms with van der Waals surface area (Å²) in [5, 5.41) is 9.79. The molecule has 3 unspecified atom stereocenters. The summed E-state index contributed by atoms with van der Waals surface area (Å²) in [6.45, 7) is 4.38. The first-order valence-electron chi connectivity index (χ1n) is 5.42. The zero-order chi connectivity index (χ0) is 10.6. The van der Waals surface area contributed by atoms with Gasteiger partial charge in [0.15, 0.2) is 0 Å². The van der Waals surface area contributed by atoms with Crippen LogP contribution in [0.1, 0.15) is 33.1 Å². The molecule has 0 amide bonds. The maximum Gasteiger partial charge on any atom is 0.0975 e. The van der Waals surface area contributed by atoms with Crippen LogP contribution in [0.4, 0.5) is 0 Å². The Balaban J connectivity index is 2.45. The van der Waals surface area contributed by atoms with Crippen molar-refractivity contribution in [3.63, 3.8) is 0 Å². The summed E-state index contributed by atoms with van der Waals surface area (Å²) in [5.41, 5.74) is 0. The number of nitrogens with zero attached hydrogens (tertiary/aromatic N) is 2. The van der Waals surface area contributed by atoms with E-state index in [9.17, 15) is 0 Å². The molecule has 3 heteroatoms. The molecule has 80 valence electrons. The quantitative estimate of drug-likeness (QED) is 0.719. The van der Waals surface area contributed by atoms with Crippen LogP contribution in [0.25, 0.3) is 0 Å². The number of nitriles is 1. The van der Waals surface area contributed by atoms with Crippen LogP contribution in [-0.2, 0) is 0 Å². The van der Waals surface area contributed by atoms with Crippen molar-refractivity contribution in [3.8, 4) is 6.07 Å².